The van der Waals surface area contributed by atoms with E-state index in [4.69, 9.17) is 0 Å². The van der Waals surface area contributed by atoms with Crippen LogP contribution in [0.15, 0.2) is 0 Å². The molecule has 0 spiro atoms. The van der Waals surface area contributed by atoms with Crippen LogP contribution in [-0.4, -0.2) is 30.8 Å². The molecular formula is C14H27NO. The summed E-state index contributed by atoms with van der Waals surface area (Å²) in [5.74, 6) is 0.877. The van der Waals surface area contributed by atoms with Gasteiger partial charge in [-0.05, 0) is 31.7 Å². The zero-order valence-electron chi connectivity index (χ0n) is 11.2. The maximum Gasteiger partial charge on any atom is 0.127 e. The minimum atomic E-state index is -0.115. The first-order chi connectivity index (χ1) is 7.63. The van der Waals surface area contributed by atoms with Gasteiger partial charge < -0.3 is 9.69 Å². The van der Waals surface area contributed by atoms with E-state index in [2.05, 4.69) is 25.7 Å². The van der Waals surface area contributed by atoms with Crippen LogP contribution in [0.25, 0.3) is 0 Å². The fraction of sp³-hybridized carbons (Fsp3) is 0.929. The van der Waals surface area contributed by atoms with Crippen LogP contribution in [0.5, 0.6) is 0 Å². The van der Waals surface area contributed by atoms with E-state index in [1.54, 1.807) is 0 Å². The summed E-state index contributed by atoms with van der Waals surface area (Å²) >= 11 is 0. The van der Waals surface area contributed by atoms with Crippen molar-refractivity contribution in [2.24, 2.45) is 11.3 Å². The molecule has 1 saturated heterocycles. The number of rotatable bonds is 7. The predicted molar refractivity (Wildman–Crippen MR) is 68.5 cm³/mol. The lowest BCUT2D eigenvalue weighted by Crippen LogP contribution is -2.35. The van der Waals surface area contributed by atoms with Crippen LogP contribution in [0.3, 0.4) is 0 Å². The van der Waals surface area contributed by atoms with Crippen LogP contribution in [-0.2, 0) is 4.79 Å². The van der Waals surface area contributed by atoms with Gasteiger partial charge in [-0.25, -0.2) is 0 Å². The van der Waals surface area contributed by atoms with E-state index in [0.717, 1.165) is 25.3 Å². The molecule has 0 bridgehead atoms. The minimum absolute atomic E-state index is 0.115. The van der Waals surface area contributed by atoms with E-state index < -0.39 is 0 Å². The molecule has 0 aromatic rings. The first-order valence-corrected chi connectivity index (χ1v) is 6.82. The highest BCUT2D eigenvalue weighted by Gasteiger charge is 2.29. The van der Waals surface area contributed by atoms with E-state index in [9.17, 15) is 4.79 Å². The third-order valence-electron chi connectivity index (χ3n) is 3.76. The Kier molecular flexibility index (Phi) is 5.47. The Balaban J connectivity index is 2.39. The lowest BCUT2D eigenvalue weighted by atomic mass is 9.87. The maximum atomic E-state index is 11.2. The van der Waals surface area contributed by atoms with E-state index in [0.29, 0.717) is 0 Å². The molecule has 0 N–H and O–H groups in total. The fourth-order valence-corrected chi connectivity index (χ4v) is 2.96. The number of hydrogen-bond acceptors (Lipinski definition) is 2. The van der Waals surface area contributed by atoms with E-state index in [1.165, 1.54) is 38.6 Å². The van der Waals surface area contributed by atoms with E-state index in [-0.39, 0.29) is 5.41 Å². The second kappa shape index (κ2) is 6.39. The SMILES string of the molecule is CCCC1CCN(CC(C)(C=O)CCC)C1. The van der Waals surface area contributed by atoms with Gasteiger partial charge in [0.15, 0.2) is 0 Å². The topological polar surface area (TPSA) is 20.3 Å². The van der Waals surface area contributed by atoms with E-state index >= 15 is 0 Å². The molecule has 2 heteroatoms. The van der Waals surface area contributed by atoms with E-state index in [1.807, 2.05) is 0 Å². The zero-order chi connectivity index (χ0) is 12.0. The molecule has 2 atom stereocenters. The molecule has 1 heterocycles. The van der Waals surface area contributed by atoms with Gasteiger partial charge in [0.05, 0.1) is 0 Å². The van der Waals surface area contributed by atoms with Gasteiger partial charge in [0.25, 0.3) is 0 Å². The second-order valence-electron chi connectivity index (χ2n) is 5.70. The number of carbonyl (C=O) groups excluding carboxylic acids is 1. The first-order valence-electron chi connectivity index (χ1n) is 6.82. The molecule has 1 aliphatic heterocycles. The van der Waals surface area contributed by atoms with Crippen molar-refractivity contribution < 1.29 is 4.79 Å². The molecule has 0 aliphatic carbocycles. The van der Waals surface area contributed by atoms with Gasteiger partial charge in [-0.3, -0.25) is 0 Å². The standard InChI is InChI=1S/C14H27NO/c1-4-6-13-7-9-15(10-13)11-14(3,12-16)8-5-2/h12-13H,4-11H2,1-3H3. The fourth-order valence-electron chi connectivity index (χ4n) is 2.96. The van der Waals surface area contributed by atoms with Crippen molar-refractivity contribution in [3.63, 3.8) is 0 Å². The third-order valence-corrected chi connectivity index (χ3v) is 3.76. The van der Waals surface area contributed by atoms with Crippen molar-refractivity contribution in [3.05, 3.63) is 0 Å². The molecule has 1 rings (SSSR count). The van der Waals surface area contributed by atoms with Crippen molar-refractivity contribution in [1.29, 1.82) is 0 Å². The summed E-state index contributed by atoms with van der Waals surface area (Å²) < 4.78 is 0. The summed E-state index contributed by atoms with van der Waals surface area (Å²) in [7, 11) is 0. The van der Waals surface area contributed by atoms with Crippen LogP contribution in [0.4, 0.5) is 0 Å². The quantitative estimate of drug-likeness (QED) is 0.620. The lowest BCUT2D eigenvalue weighted by molar-refractivity contribution is -0.116. The van der Waals surface area contributed by atoms with Crippen LogP contribution in [0.1, 0.15) is 52.9 Å². The number of hydrogen-bond donors (Lipinski definition) is 0. The third kappa shape index (κ3) is 3.89. The average Bonchev–Trinajstić information content (AvgIpc) is 2.66. The largest absolute Gasteiger partial charge is 0.303 e. The normalized spacial score (nSPS) is 25.6. The van der Waals surface area contributed by atoms with Crippen molar-refractivity contribution in [2.45, 2.75) is 52.9 Å². The monoisotopic (exact) mass is 225 g/mol. The Morgan fingerprint density at radius 3 is 2.69 bits per heavy atom. The number of likely N-dealkylation sites (tertiary alicyclic amines) is 1. The van der Waals surface area contributed by atoms with Crippen LogP contribution in [0, 0.1) is 11.3 Å². The van der Waals surface area contributed by atoms with Crippen molar-refractivity contribution >= 4 is 6.29 Å². The van der Waals surface area contributed by atoms with Crippen molar-refractivity contribution in [2.75, 3.05) is 19.6 Å². The molecule has 0 aromatic heterocycles. The Labute approximate surface area is 100 Å². The second-order valence-corrected chi connectivity index (χ2v) is 5.70. The van der Waals surface area contributed by atoms with Crippen molar-refractivity contribution in [3.8, 4) is 0 Å². The highest BCUT2D eigenvalue weighted by molar-refractivity contribution is 5.59. The smallest absolute Gasteiger partial charge is 0.127 e. The summed E-state index contributed by atoms with van der Waals surface area (Å²) in [6.45, 7) is 9.89. The summed E-state index contributed by atoms with van der Waals surface area (Å²) in [6.07, 6.45) is 7.26. The van der Waals surface area contributed by atoms with Gasteiger partial charge in [-0.1, -0.05) is 33.6 Å². The van der Waals surface area contributed by atoms with Gasteiger partial charge in [-0.2, -0.15) is 0 Å². The molecule has 2 unspecified atom stereocenters. The molecule has 1 aliphatic rings. The number of nitrogens with zero attached hydrogens (tertiary/aromatic N) is 1. The molecule has 0 saturated carbocycles. The summed E-state index contributed by atoms with van der Waals surface area (Å²) in [4.78, 5) is 13.7. The van der Waals surface area contributed by atoms with Crippen LogP contribution < -0.4 is 0 Å². The summed E-state index contributed by atoms with van der Waals surface area (Å²) in [6, 6.07) is 0. The highest BCUT2D eigenvalue weighted by Crippen LogP contribution is 2.27. The average molecular weight is 225 g/mol. The Bertz CT molecular complexity index is 217. The molecule has 94 valence electrons. The predicted octanol–water partition coefficient (Wildman–Crippen LogP) is 3.11. The maximum absolute atomic E-state index is 11.2. The van der Waals surface area contributed by atoms with Gasteiger partial charge >= 0.3 is 0 Å². The van der Waals surface area contributed by atoms with Crippen LogP contribution >= 0.6 is 0 Å². The molecule has 0 amide bonds. The molecule has 16 heavy (non-hydrogen) atoms. The lowest BCUT2D eigenvalue weighted by Gasteiger charge is -2.28. The molecule has 0 radical (unpaired) electrons. The zero-order valence-corrected chi connectivity index (χ0v) is 11.2. The molecular weight excluding hydrogens is 198 g/mol. The first kappa shape index (κ1) is 13.7. The molecule has 0 aromatic carbocycles. The van der Waals surface area contributed by atoms with Gasteiger partial charge in [0.1, 0.15) is 6.29 Å². The highest BCUT2D eigenvalue weighted by atomic mass is 16.1. The summed E-state index contributed by atoms with van der Waals surface area (Å²) in [5, 5.41) is 0. The minimum Gasteiger partial charge on any atom is -0.303 e. The summed E-state index contributed by atoms with van der Waals surface area (Å²) in [5.41, 5.74) is -0.115. The van der Waals surface area contributed by atoms with Crippen LogP contribution in [0.2, 0.25) is 0 Å². The molecule has 1 fully saturated rings. The molecule has 2 nitrogen and oxygen atoms in total. The number of carbonyl (C=O) groups is 1. The Morgan fingerprint density at radius 2 is 2.12 bits per heavy atom. The van der Waals surface area contributed by atoms with Gasteiger partial charge in [-0.15, -0.1) is 0 Å². The Morgan fingerprint density at radius 1 is 1.38 bits per heavy atom. The Hall–Kier alpha value is -0.370. The van der Waals surface area contributed by atoms with Gasteiger partial charge in [0, 0.05) is 18.5 Å². The number of aldehydes is 1. The van der Waals surface area contributed by atoms with Gasteiger partial charge in [0.2, 0.25) is 0 Å². The van der Waals surface area contributed by atoms with Crippen molar-refractivity contribution in [1.82, 2.24) is 4.90 Å².